The van der Waals surface area contributed by atoms with Crippen molar-refractivity contribution >= 4 is 23.2 Å². The summed E-state index contributed by atoms with van der Waals surface area (Å²) in [7, 11) is 3.21. The van der Waals surface area contributed by atoms with Crippen LogP contribution in [0.3, 0.4) is 0 Å². The van der Waals surface area contributed by atoms with E-state index in [4.69, 9.17) is 25.8 Å². The molecule has 0 aliphatic rings. The highest BCUT2D eigenvalue weighted by Crippen LogP contribution is 2.27. The largest absolute Gasteiger partial charge is 0.497 e. The summed E-state index contributed by atoms with van der Waals surface area (Å²) in [4.78, 5) is 16.0. The van der Waals surface area contributed by atoms with Crippen molar-refractivity contribution < 1.29 is 19.0 Å². The van der Waals surface area contributed by atoms with Crippen molar-refractivity contribution in [2.75, 3.05) is 38.6 Å². The van der Waals surface area contributed by atoms with Gasteiger partial charge in [-0.2, -0.15) is 4.98 Å². The Morgan fingerprint density at radius 1 is 1.14 bits per heavy atom. The first-order valence-electron chi connectivity index (χ1n) is 8.84. The number of ether oxygens (including phenoxy) is 3. The fraction of sp³-hybridized carbons (Fsp3) is 0.250. The Hall–Kier alpha value is -3.10. The normalized spacial score (nSPS) is 10.6. The molecule has 0 aliphatic heterocycles. The number of alkyl halides is 1. The summed E-state index contributed by atoms with van der Waals surface area (Å²) in [5.41, 5.74) is 2.21. The average Bonchev–Trinajstić information content (AvgIpc) is 3.18. The van der Waals surface area contributed by atoms with Crippen LogP contribution in [0.1, 0.15) is 0 Å². The predicted molar refractivity (Wildman–Crippen MR) is 110 cm³/mol. The van der Waals surface area contributed by atoms with Gasteiger partial charge in [0.2, 0.25) is 5.91 Å². The molecular weight excluding hydrogens is 396 g/mol. The number of carbonyl (C=O) groups excluding carboxylic acids is 1. The molecule has 9 heteroatoms. The van der Waals surface area contributed by atoms with Gasteiger partial charge in [-0.25, -0.2) is 4.68 Å². The lowest BCUT2D eigenvalue weighted by Gasteiger charge is -2.08. The lowest BCUT2D eigenvalue weighted by molar-refractivity contribution is -0.113. The summed E-state index contributed by atoms with van der Waals surface area (Å²) in [5, 5.41) is 7.17. The molecule has 152 valence electrons. The number of benzene rings is 2. The number of halogens is 1. The van der Waals surface area contributed by atoms with Gasteiger partial charge in [0.05, 0.1) is 19.4 Å². The molecule has 0 saturated carbocycles. The van der Waals surface area contributed by atoms with Crippen molar-refractivity contribution in [3.8, 4) is 28.8 Å². The molecule has 1 N–H and O–H groups in total. The third-order valence-corrected chi connectivity index (χ3v) is 4.19. The number of rotatable bonds is 9. The summed E-state index contributed by atoms with van der Waals surface area (Å²) in [6, 6.07) is 14.9. The summed E-state index contributed by atoms with van der Waals surface area (Å²) in [5.74, 6) is 0.922. The number of methoxy groups -OCH3 is 2. The van der Waals surface area contributed by atoms with Crippen LogP contribution < -0.4 is 14.8 Å². The molecule has 0 radical (unpaired) electrons. The Labute approximate surface area is 173 Å². The number of nitrogens with zero attached hydrogens (tertiary/aromatic N) is 3. The van der Waals surface area contributed by atoms with E-state index in [1.165, 1.54) is 0 Å². The van der Waals surface area contributed by atoms with Crippen LogP contribution in [-0.4, -0.2) is 54.0 Å². The molecule has 29 heavy (non-hydrogen) atoms. The number of aromatic nitrogens is 3. The van der Waals surface area contributed by atoms with E-state index in [1.807, 2.05) is 36.4 Å². The minimum absolute atomic E-state index is 0.104. The number of amides is 1. The molecular formula is C20H21ClN4O4. The molecule has 2 aromatic carbocycles. The summed E-state index contributed by atoms with van der Waals surface area (Å²) in [6.45, 7) is 0.763. The number of nitrogens with one attached hydrogen (secondary N) is 1. The molecule has 0 fully saturated rings. The molecule has 3 rings (SSSR count). The number of anilines is 1. The van der Waals surface area contributed by atoms with E-state index >= 15 is 0 Å². The van der Waals surface area contributed by atoms with Crippen LogP contribution in [0.4, 0.5) is 5.69 Å². The standard InChI is InChI=1S/C20H21ClN4O4/c1-27-10-11-29-20-23-19(14-4-3-5-17(12-14)28-2)25(24-20)16-8-6-15(7-9-16)22-18(26)13-21/h3-9,12H,10-11,13H2,1-2H3,(H,22,26). The fourth-order valence-electron chi connectivity index (χ4n) is 2.58. The molecule has 1 heterocycles. The van der Waals surface area contributed by atoms with Crippen molar-refractivity contribution in [1.29, 1.82) is 0 Å². The Morgan fingerprint density at radius 3 is 2.62 bits per heavy atom. The van der Waals surface area contributed by atoms with Crippen LogP contribution >= 0.6 is 11.6 Å². The summed E-state index contributed by atoms with van der Waals surface area (Å²) in [6.07, 6.45) is 0. The topological polar surface area (TPSA) is 87.5 Å². The molecule has 3 aromatic rings. The maximum atomic E-state index is 11.5. The van der Waals surface area contributed by atoms with E-state index in [9.17, 15) is 4.79 Å². The number of hydrogen-bond acceptors (Lipinski definition) is 6. The van der Waals surface area contributed by atoms with Crippen LogP contribution in [0.2, 0.25) is 0 Å². The van der Waals surface area contributed by atoms with E-state index in [0.717, 1.165) is 11.3 Å². The Morgan fingerprint density at radius 2 is 1.93 bits per heavy atom. The van der Waals surface area contributed by atoms with Gasteiger partial charge in [0, 0.05) is 18.4 Å². The second-order valence-corrected chi connectivity index (χ2v) is 6.20. The third kappa shape index (κ3) is 5.24. The van der Waals surface area contributed by atoms with E-state index in [0.29, 0.717) is 30.5 Å². The Bertz CT molecular complexity index is 959. The highest BCUT2D eigenvalue weighted by molar-refractivity contribution is 6.29. The molecule has 0 bridgehead atoms. The van der Waals surface area contributed by atoms with Crippen molar-refractivity contribution in [2.24, 2.45) is 0 Å². The monoisotopic (exact) mass is 416 g/mol. The second-order valence-electron chi connectivity index (χ2n) is 5.93. The molecule has 0 atom stereocenters. The number of carbonyl (C=O) groups is 1. The van der Waals surface area contributed by atoms with E-state index in [1.54, 1.807) is 31.0 Å². The molecule has 0 saturated heterocycles. The zero-order chi connectivity index (χ0) is 20.6. The van der Waals surface area contributed by atoms with Gasteiger partial charge in [0.1, 0.15) is 18.2 Å². The van der Waals surface area contributed by atoms with Gasteiger partial charge < -0.3 is 19.5 Å². The van der Waals surface area contributed by atoms with E-state index in [2.05, 4.69) is 15.4 Å². The average molecular weight is 417 g/mol. The molecule has 1 amide bonds. The van der Waals surface area contributed by atoms with Crippen molar-refractivity contribution in [1.82, 2.24) is 14.8 Å². The van der Waals surface area contributed by atoms with Crippen molar-refractivity contribution in [3.05, 3.63) is 48.5 Å². The lowest BCUT2D eigenvalue weighted by Crippen LogP contribution is -2.12. The molecule has 0 aliphatic carbocycles. The first-order chi connectivity index (χ1) is 14.1. The van der Waals surface area contributed by atoms with Gasteiger partial charge >= 0.3 is 6.01 Å². The van der Waals surface area contributed by atoms with Gasteiger partial charge in [0.25, 0.3) is 0 Å². The van der Waals surface area contributed by atoms with Gasteiger partial charge in [-0.15, -0.1) is 16.7 Å². The second kappa shape index (κ2) is 9.90. The minimum Gasteiger partial charge on any atom is -0.497 e. The maximum absolute atomic E-state index is 11.5. The Kier molecular flexibility index (Phi) is 7.04. The first kappa shape index (κ1) is 20.6. The first-order valence-corrected chi connectivity index (χ1v) is 9.37. The maximum Gasteiger partial charge on any atom is 0.336 e. The quantitative estimate of drug-likeness (QED) is 0.426. The molecule has 8 nitrogen and oxygen atoms in total. The van der Waals surface area contributed by atoms with Crippen LogP contribution in [0.25, 0.3) is 17.1 Å². The Balaban J connectivity index is 1.96. The summed E-state index contributed by atoms with van der Waals surface area (Å²) >= 11 is 5.53. The van der Waals surface area contributed by atoms with Crippen molar-refractivity contribution in [2.45, 2.75) is 0 Å². The highest BCUT2D eigenvalue weighted by atomic mass is 35.5. The van der Waals surface area contributed by atoms with Gasteiger partial charge in [-0.1, -0.05) is 12.1 Å². The minimum atomic E-state index is -0.272. The third-order valence-electron chi connectivity index (χ3n) is 3.95. The number of hydrogen-bond donors (Lipinski definition) is 1. The zero-order valence-electron chi connectivity index (χ0n) is 16.1. The van der Waals surface area contributed by atoms with Crippen LogP contribution in [0.15, 0.2) is 48.5 Å². The van der Waals surface area contributed by atoms with E-state index < -0.39 is 0 Å². The molecule has 1 aromatic heterocycles. The van der Waals surface area contributed by atoms with Gasteiger partial charge in [0.15, 0.2) is 5.82 Å². The molecule has 0 unspecified atom stereocenters. The van der Waals surface area contributed by atoms with Crippen LogP contribution in [-0.2, 0) is 9.53 Å². The van der Waals surface area contributed by atoms with Gasteiger partial charge in [-0.3, -0.25) is 4.79 Å². The van der Waals surface area contributed by atoms with Gasteiger partial charge in [-0.05, 0) is 36.4 Å². The zero-order valence-corrected chi connectivity index (χ0v) is 16.8. The van der Waals surface area contributed by atoms with Crippen molar-refractivity contribution in [3.63, 3.8) is 0 Å². The predicted octanol–water partition coefficient (Wildman–Crippen LogP) is 3.15. The van der Waals surface area contributed by atoms with Crippen LogP contribution in [0, 0.1) is 0 Å². The lowest BCUT2D eigenvalue weighted by atomic mass is 10.2. The summed E-state index contributed by atoms with van der Waals surface area (Å²) < 4.78 is 17.6. The fourth-order valence-corrected chi connectivity index (χ4v) is 2.65. The smallest absolute Gasteiger partial charge is 0.336 e. The van der Waals surface area contributed by atoms with Crippen LogP contribution in [0.5, 0.6) is 11.8 Å². The highest BCUT2D eigenvalue weighted by Gasteiger charge is 2.15. The molecule has 0 spiro atoms. The SMILES string of the molecule is COCCOc1nc(-c2cccc(OC)c2)n(-c2ccc(NC(=O)CCl)cc2)n1. The van der Waals surface area contributed by atoms with E-state index in [-0.39, 0.29) is 17.8 Å².